The lowest BCUT2D eigenvalue weighted by molar-refractivity contribution is 0.462. The fourth-order valence-electron chi connectivity index (χ4n) is 2.10. The van der Waals surface area contributed by atoms with E-state index in [1.165, 1.54) is 22.7 Å². The van der Waals surface area contributed by atoms with Crippen LogP contribution in [0.2, 0.25) is 4.34 Å². The zero-order chi connectivity index (χ0) is 15.8. The molecular formula is C13H15Cl2NO3S2. The van der Waals surface area contributed by atoms with Gasteiger partial charge in [-0.05, 0) is 26.0 Å². The van der Waals surface area contributed by atoms with Gasteiger partial charge in [0.2, 0.25) is 10.0 Å². The molecule has 0 aliphatic carbocycles. The molecule has 2 aromatic rings. The Morgan fingerprint density at radius 2 is 1.95 bits per heavy atom. The molecule has 0 aromatic carbocycles. The minimum atomic E-state index is -3.66. The van der Waals surface area contributed by atoms with E-state index in [0.717, 1.165) is 4.88 Å². The van der Waals surface area contributed by atoms with E-state index < -0.39 is 10.0 Å². The van der Waals surface area contributed by atoms with Crippen molar-refractivity contribution in [1.29, 1.82) is 0 Å². The van der Waals surface area contributed by atoms with Crippen LogP contribution in [0.15, 0.2) is 21.4 Å². The number of aryl methyl sites for hydroxylation is 2. The van der Waals surface area contributed by atoms with Crippen LogP contribution in [0.3, 0.4) is 0 Å². The van der Waals surface area contributed by atoms with Crippen molar-refractivity contribution in [2.75, 3.05) is 7.05 Å². The summed E-state index contributed by atoms with van der Waals surface area (Å²) in [6, 6.07) is 3.56. The summed E-state index contributed by atoms with van der Waals surface area (Å²) >= 11 is 13.1. The molecule has 0 unspecified atom stereocenters. The number of alkyl halides is 1. The largest absolute Gasteiger partial charge is 0.465 e. The lowest BCUT2D eigenvalue weighted by Crippen LogP contribution is -2.27. The van der Waals surface area contributed by atoms with Gasteiger partial charge in [-0.3, -0.25) is 0 Å². The maximum atomic E-state index is 12.7. The van der Waals surface area contributed by atoms with Crippen LogP contribution >= 0.6 is 34.5 Å². The lowest BCUT2D eigenvalue weighted by Gasteiger charge is -2.16. The van der Waals surface area contributed by atoms with Crippen molar-refractivity contribution in [3.63, 3.8) is 0 Å². The first-order valence-corrected chi connectivity index (χ1v) is 9.29. The second-order valence-electron chi connectivity index (χ2n) is 4.62. The number of sulfonamides is 1. The van der Waals surface area contributed by atoms with E-state index >= 15 is 0 Å². The van der Waals surface area contributed by atoms with E-state index in [9.17, 15) is 8.42 Å². The molecule has 0 N–H and O–H groups in total. The summed E-state index contributed by atoms with van der Waals surface area (Å²) < 4.78 is 32.8. The molecule has 0 radical (unpaired) electrons. The van der Waals surface area contributed by atoms with Gasteiger partial charge in [-0.25, -0.2) is 8.42 Å². The van der Waals surface area contributed by atoms with Crippen LogP contribution in [-0.4, -0.2) is 19.8 Å². The Morgan fingerprint density at radius 3 is 2.48 bits per heavy atom. The maximum absolute atomic E-state index is 12.7. The van der Waals surface area contributed by atoms with Gasteiger partial charge in [0.15, 0.2) is 0 Å². The van der Waals surface area contributed by atoms with Crippen molar-refractivity contribution < 1.29 is 12.8 Å². The highest BCUT2D eigenvalue weighted by molar-refractivity contribution is 7.89. The minimum absolute atomic E-state index is 0.0937. The molecule has 0 amide bonds. The molecule has 0 aliphatic heterocycles. The highest BCUT2D eigenvalue weighted by Gasteiger charge is 2.30. The molecule has 2 rings (SSSR count). The zero-order valence-corrected chi connectivity index (χ0v) is 15.0. The molecule has 0 saturated heterocycles. The number of halogens is 2. The van der Waals surface area contributed by atoms with Gasteiger partial charge in [-0.1, -0.05) is 11.6 Å². The number of nitrogens with zero attached hydrogens (tertiary/aromatic N) is 1. The normalized spacial score (nSPS) is 12.3. The van der Waals surface area contributed by atoms with Crippen molar-refractivity contribution in [3.8, 4) is 0 Å². The molecule has 2 heterocycles. The van der Waals surface area contributed by atoms with Crippen molar-refractivity contribution in [2.45, 2.75) is 31.2 Å². The first kappa shape index (κ1) is 16.8. The van der Waals surface area contributed by atoms with Crippen molar-refractivity contribution in [3.05, 3.63) is 38.4 Å². The number of hydrogen-bond donors (Lipinski definition) is 0. The molecule has 116 valence electrons. The predicted molar refractivity (Wildman–Crippen MR) is 85.7 cm³/mol. The zero-order valence-electron chi connectivity index (χ0n) is 11.8. The van der Waals surface area contributed by atoms with Gasteiger partial charge < -0.3 is 4.42 Å². The van der Waals surface area contributed by atoms with E-state index in [-0.39, 0.29) is 17.3 Å². The fraction of sp³-hybridized carbons (Fsp3) is 0.385. The van der Waals surface area contributed by atoms with Crippen LogP contribution in [0.25, 0.3) is 0 Å². The van der Waals surface area contributed by atoms with Gasteiger partial charge in [-0.15, -0.1) is 22.9 Å². The number of hydrogen-bond acceptors (Lipinski definition) is 4. The molecule has 2 aromatic heterocycles. The van der Waals surface area contributed by atoms with E-state index in [4.69, 9.17) is 27.6 Å². The monoisotopic (exact) mass is 367 g/mol. The van der Waals surface area contributed by atoms with Crippen LogP contribution in [0.5, 0.6) is 0 Å². The lowest BCUT2D eigenvalue weighted by atomic mass is 10.3. The van der Waals surface area contributed by atoms with Gasteiger partial charge in [0.05, 0.1) is 10.2 Å². The third-order valence-corrected chi connectivity index (χ3v) is 6.62. The molecule has 0 fully saturated rings. The van der Waals surface area contributed by atoms with Crippen LogP contribution in [-0.2, 0) is 22.4 Å². The number of furan rings is 1. The molecule has 0 bridgehead atoms. The summed E-state index contributed by atoms with van der Waals surface area (Å²) in [5.74, 6) is 0.990. The standard InChI is InChI=1S/C13H15Cl2NO3S2/c1-8-11(6-14)13(9(2)19-8)21(17,18)16(3)7-10-4-5-12(15)20-10/h4-5H,6-7H2,1-3H3. The van der Waals surface area contributed by atoms with E-state index in [1.807, 2.05) is 6.07 Å². The fourth-order valence-corrected chi connectivity index (χ4v) is 5.28. The summed E-state index contributed by atoms with van der Waals surface area (Å²) in [7, 11) is -2.13. The summed E-state index contributed by atoms with van der Waals surface area (Å²) in [5, 5.41) is 0. The smallest absolute Gasteiger partial charge is 0.246 e. The van der Waals surface area contributed by atoms with Crippen LogP contribution in [0.4, 0.5) is 0 Å². The molecule has 0 spiro atoms. The topological polar surface area (TPSA) is 50.5 Å². The van der Waals surface area contributed by atoms with E-state index in [1.54, 1.807) is 19.9 Å². The Labute approximate surface area is 138 Å². The third kappa shape index (κ3) is 3.29. The first-order chi connectivity index (χ1) is 9.77. The minimum Gasteiger partial charge on any atom is -0.465 e. The summed E-state index contributed by atoms with van der Waals surface area (Å²) in [4.78, 5) is 1.04. The second-order valence-corrected chi connectivity index (χ2v) is 8.67. The van der Waals surface area contributed by atoms with Crippen LogP contribution in [0.1, 0.15) is 22.0 Å². The highest BCUT2D eigenvalue weighted by Crippen LogP contribution is 2.31. The SMILES string of the molecule is Cc1oc(C)c(S(=O)(=O)N(C)Cc2ccc(Cl)s2)c1CCl. The molecular weight excluding hydrogens is 353 g/mol. The molecule has 0 atom stereocenters. The Hall–Kier alpha value is -0.530. The average Bonchev–Trinajstić information content (AvgIpc) is 2.92. The van der Waals surface area contributed by atoms with Crippen molar-refractivity contribution in [2.24, 2.45) is 0 Å². The van der Waals surface area contributed by atoms with E-state index in [0.29, 0.717) is 21.4 Å². The van der Waals surface area contributed by atoms with Gasteiger partial charge >= 0.3 is 0 Å². The maximum Gasteiger partial charge on any atom is 0.246 e. The summed E-state index contributed by atoms with van der Waals surface area (Å²) in [5.41, 5.74) is 0.519. The Kier molecular flexibility index (Phi) is 5.05. The highest BCUT2D eigenvalue weighted by atomic mass is 35.5. The number of rotatable bonds is 5. The molecule has 21 heavy (non-hydrogen) atoms. The molecule has 0 aliphatic rings. The van der Waals surface area contributed by atoms with Crippen molar-refractivity contribution in [1.82, 2.24) is 4.31 Å². The molecule has 0 saturated carbocycles. The Bertz CT molecular complexity index is 750. The quantitative estimate of drug-likeness (QED) is 0.745. The Morgan fingerprint density at radius 1 is 1.29 bits per heavy atom. The van der Waals surface area contributed by atoms with Crippen LogP contribution < -0.4 is 0 Å². The molecule has 8 heteroatoms. The summed E-state index contributed by atoms with van der Waals surface area (Å²) in [6.07, 6.45) is 0. The van der Waals surface area contributed by atoms with Gasteiger partial charge in [0, 0.05) is 24.0 Å². The molecule has 4 nitrogen and oxygen atoms in total. The van der Waals surface area contributed by atoms with Crippen LogP contribution in [0, 0.1) is 13.8 Å². The second kappa shape index (κ2) is 6.30. The third-order valence-electron chi connectivity index (χ3n) is 3.13. The van der Waals surface area contributed by atoms with Gasteiger partial charge in [0.1, 0.15) is 16.4 Å². The van der Waals surface area contributed by atoms with Crippen molar-refractivity contribution >= 4 is 44.6 Å². The Balaban J connectivity index is 2.37. The summed E-state index contributed by atoms with van der Waals surface area (Å²) in [6.45, 7) is 3.60. The van der Waals surface area contributed by atoms with Gasteiger partial charge in [0.25, 0.3) is 0 Å². The van der Waals surface area contributed by atoms with E-state index in [2.05, 4.69) is 0 Å². The predicted octanol–water partition coefficient (Wildman–Crippen LogP) is 4.17. The number of thiophene rings is 1. The first-order valence-electron chi connectivity index (χ1n) is 6.12. The average molecular weight is 368 g/mol. The van der Waals surface area contributed by atoms with Gasteiger partial charge in [-0.2, -0.15) is 4.31 Å².